The molecular weight excluding hydrogens is 222 g/mol. The second-order valence-corrected chi connectivity index (χ2v) is 5.13. The molecule has 1 aromatic rings. The normalized spacial score (nSPS) is 19.8. The summed E-state index contributed by atoms with van der Waals surface area (Å²) in [6, 6.07) is 0.514. The Kier molecular flexibility index (Phi) is 4.71. The molecule has 0 aliphatic carbocycles. The molecule has 1 aromatic heterocycles. The summed E-state index contributed by atoms with van der Waals surface area (Å²) in [7, 11) is 0. The van der Waals surface area contributed by atoms with Crippen LogP contribution < -0.4 is 5.32 Å². The Labute approximate surface area is 101 Å². The van der Waals surface area contributed by atoms with Gasteiger partial charge >= 0.3 is 0 Å². The van der Waals surface area contributed by atoms with Crippen molar-refractivity contribution in [1.29, 1.82) is 0 Å². The summed E-state index contributed by atoms with van der Waals surface area (Å²) in [4.78, 5) is 7.82. The van der Waals surface area contributed by atoms with E-state index in [0.717, 1.165) is 39.4 Å². The average Bonchev–Trinajstić information content (AvgIpc) is 2.81. The van der Waals surface area contributed by atoms with Gasteiger partial charge in [-0.2, -0.15) is 0 Å². The fourth-order valence-electron chi connectivity index (χ4n) is 1.84. The lowest BCUT2D eigenvalue weighted by Gasteiger charge is -2.29. The van der Waals surface area contributed by atoms with Crippen LogP contribution in [0.25, 0.3) is 0 Å². The summed E-state index contributed by atoms with van der Waals surface area (Å²) in [5, 5.41) is 3.52. The van der Waals surface area contributed by atoms with Gasteiger partial charge in [-0.05, 0) is 6.92 Å². The number of nitrogens with one attached hydrogen (secondary N) is 1. The van der Waals surface area contributed by atoms with Crippen molar-refractivity contribution in [2.24, 2.45) is 0 Å². The van der Waals surface area contributed by atoms with E-state index < -0.39 is 0 Å². The molecule has 0 spiro atoms. The van der Waals surface area contributed by atoms with Crippen molar-refractivity contribution >= 4 is 11.3 Å². The number of hydrogen-bond acceptors (Lipinski definition) is 5. The predicted octanol–water partition coefficient (Wildman–Crippen LogP) is 0.953. The third-order valence-corrected chi connectivity index (χ3v) is 3.52. The van der Waals surface area contributed by atoms with E-state index >= 15 is 0 Å². The number of nitrogens with zero attached hydrogens (tertiary/aromatic N) is 2. The Morgan fingerprint density at radius 1 is 1.56 bits per heavy atom. The maximum Gasteiger partial charge on any atom is 0.0794 e. The third kappa shape index (κ3) is 3.83. The first-order valence-electron chi connectivity index (χ1n) is 5.75. The molecule has 2 rings (SSSR count). The van der Waals surface area contributed by atoms with Gasteiger partial charge in [-0.25, -0.2) is 0 Å². The van der Waals surface area contributed by atoms with Crippen molar-refractivity contribution < 1.29 is 4.74 Å². The standard InChI is InChI=1S/C11H19N3OS/c1-10(8-14-2-4-15-5-3-14)13-7-11-6-12-9-16-11/h6,9-10,13H,2-5,7-8H2,1H3. The van der Waals surface area contributed by atoms with Crippen LogP contribution in [-0.2, 0) is 11.3 Å². The van der Waals surface area contributed by atoms with Crippen molar-refractivity contribution in [3.8, 4) is 0 Å². The van der Waals surface area contributed by atoms with Gasteiger partial charge in [-0.1, -0.05) is 0 Å². The van der Waals surface area contributed by atoms with Crippen molar-refractivity contribution in [2.75, 3.05) is 32.8 Å². The number of hydrogen-bond donors (Lipinski definition) is 1. The zero-order valence-electron chi connectivity index (χ0n) is 9.69. The molecule has 1 atom stereocenters. The molecule has 90 valence electrons. The van der Waals surface area contributed by atoms with Crippen LogP contribution in [0.15, 0.2) is 11.7 Å². The van der Waals surface area contributed by atoms with Gasteiger partial charge in [0.15, 0.2) is 0 Å². The molecule has 5 heteroatoms. The smallest absolute Gasteiger partial charge is 0.0794 e. The van der Waals surface area contributed by atoms with E-state index in [9.17, 15) is 0 Å². The van der Waals surface area contributed by atoms with E-state index in [-0.39, 0.29) is 0 Å². The van der Waals surface area contributed by atoms with Crippen LogP contribution in [0.1, 0.15) is 11.8 Å². The minimum atomic E-state index is 0.514. The highest BCUT2D eigenvalue weighted by Gasteiger charge is 2.13. The molecular formula is C11H19N3OS. The summed E-state index contributed by atoms with van der Waals surface area (Å²) in [6.45, 7) is 8.14. The number of morpholine rings is 1. The Hall–Kier alpha value is -0.490. The molecule has 16 heavy (non-hydrogen) atoms. The van der Waals surface area contributed by atoms with Gasteiger partial charge in [-0.3, -0.25) is 9.88 Å². The van der Waals surface area contributed by atoms with Gasteiger partial charge in [0.25, 0.3) is 0 Å². The van der Waals surface area contributed by atoms with Crippen LogP contribution >= 0.6 is 11.3 Å². The van der Waals surface area contributed by atoms with Crippen LogP contribution in [0.2, 0.25) is 0 Å². The number of rotatable bonds is 5. The topological polar surface area (TPSA) is 37.4 Å². The second-order valence-electron chi connectivity index (χ2n) is 4.16. The van der Waals surface area contributed by atoms with Gasteiger partial charge in [0.05, 0.1) is 18.7 Å². The molecule has 0 aromatic carbocycles. The maximum absolute atomic E-state index is 5.33. The highest BCUT2D eigenvalue weighted by Crippen LogP contribution is 2.05. The van der Waals surface area contributed by atoms with Gasteiger partial charge in [0.2, 0.25) is 0 Å². The number of ether oxygens (including phenoxy) is 1. The van der Waals surface area contributed by atoms with E-state index in [1.807, 2.05) is 11.7 Å². The lowest BCUT2D eigenvalue weighted by molar-refractivity contribution is 0.0343. The molecule has 0 radical (unpaired) electrons. The molecule has 0 saturated carbocycles. The SMILES string of the molecule is CC(CN1CCOCC1)NCc1cncs1. The molecule has 0 amide bonds. The van der Waals surface area contributed by atoms with Crippen molar-refractivity contribution in [3.05, 3.63) is 16.6 Å². The van der Waals surface area contributed by atoms with E-state index in [4.69, 9.17) is 4.74 Å². The Bertz CT molecular complexity index is 285. The zero-order chi connectivity index (χ0) is 11.2. The fourth-order valence-corrected chi connectivity index (χ4v) is 2.39. The summed E-state index contributed by atoms with van der Waals surface area (Å²) < 4.78 is 5.33. The van der Waals surface area contributed by atoms with Gasteiger partial charge in [0.1, 0.15) is 0 Å². The van der Waals surface area contributed by atoms with Crippen LogP contribution in [0.5, 0.6) is 0 Å². The molecule has 1 fully saturated rings. The van der Waals surface area contributed by atoms with Crippen LogP contribution in [0.4, 0.5) is 0 Å². The van der Waals surface area contributed by atoms with Crippen LogP contribution in [0.3, 0.4) is 0 Å². The van der Waals surface area contributed by atoms with Gasteiger partial charge in [-0.15, -0.1) is 11.3 Å². The van der Waals surface area contributed by atoms with Crippen molar-refractivity contribution in [2.45, 2.75) is 19.5 Å². The molecule has 1 aliphatic heterocycles. The summed E-state index contributed by atoms with van der Waals surface area (Å²) in [5.41, 5.74) is 1.88. The lowest BCUT2D eigenvalue weighted by atomic mass is 10.3. The average molecular weight is 241 g/mol. The van der Waals surface area contributed by atoms with Crippen molar-refractivity contribution in [3.63, 3.8) is 0 Å². The predicted molar refractivity (Wildman–Crippen MR) is 65.7 cm³/mol. The van der Waals surface area contributed by atoms with E-state index in [0.29, 0.717) is 6.04 Å². The molecule has 2 heterocycles. The van der Waals surface area contributed by atoms with Crippen LogP contribution in [-0.4, -0.2) is 48.8 Å². The van der Waals surface area contributed by atoms with E-state index in [1.54, 1.807) is 11.3 Å². The van der Waals surface area contributed by atoms with E-state index in [2.05, 4.69) is 22.1 Å². The minimum absolute atomic E-state index is 0.514. The first-order chi connectivity index (χ1) is 7.84. The van der Waals surface area contributed by atoms with Crippen molar-refractivity contribution in [1.82, 2.24) is 15.2 Å². The quantitative estimate of drug-likeness (QED) is 0.833. The molecule has 1 unspecified atom stereocenters. The molecule has 1 aliphatic rings. The second kappa shape index (κ2) is 6.30. The molecule has 1 saturated heterocycles. The molecule has 4 nitrogen and oxygen atoms in total. The monoisotopic (exact) mass is 241 g/mol. The van der Waals surface area contributed by atoms with Crippen LogP contribution in [0, 0.1) is 0 Å². The first kappa shape index (κ1) is 12.0. The third-order valence-electron chi connectivity index (χ3n) is 2.74. The molecule has 0 bridgehead atoms. The Morgan fingerprint density at radius 3 is 3.06 bits per heavy atom. The fraction of sp³-hybridized carbons (Fsp3) is 0.727. The number of aromatic nitrogens is 1. The Balaban J connectivity index is 1.65. The lowest BCUT2D eigenvalue weighted by Crippen LogP contribution is -2.44. The summed E-state index contributed by atoms with van der Waals surface area (Å²) in [6.07, 6.45) is 1.93. The Morgan fingerprint density at radius 2 is 2.38 bits per heavy atom. The molecule has 1 N–H and O–H groups in total. The highest BCUT2D eigenvalue weighted by molar-refractivity contribution is 7.09. The largest absolute Gasteiger partial charge is 0.379 e. The summed E-state index contributed by atoms with van der Waals surface area (Å²) in [5.74, 6) is 0. The number of thiazole rings is 1. The zero-order valence-corrected chi connectivity index (χ0v) is 10.5. The van der Waals surface area contributed by atoms with Gasteiger partial charge < -0.3 is 10.1 Å². The maximum atomic E-state index is 5.33. The first-order valence-corrected chi connectivity index (χ1v) is 6.63. The van der Waals surface area contributed by atoms with Gasteiger partial charge in [0, 0.05) is 43.3 Å². The van der Waals surface area contributed by atoms with E-state index in [1.165, 1.54) is 4.88 Å². The summed E-state index contributed by atoms with van der Waals surface area (Å²) >= 11 is 1.70. The minimum Gasteiger partial charge on any atom is -0.379 e. The highest BCUT2D eigenvalue weighted by atomic mass is 32.1.